The molecule has 2 aliphatic rings. The van der Waals surface area contributed by atoms with E-state index < -0.39 is 0 Å². The molecular weight excluding hydrogens is 253 g/mol. The molecule has 2 atom stereocenters. The van der Waals surface area contributed by atoms with Crippen LogP contribution in [-0.2, 0) is 6.54 Å². The van der Waals surface area contributed by atoms with Gasteiger partial charge in [0, 0.05) is 36.8 Å². The van der Waals surface area contributed by atoms with Crippen LogP contribution >= 0.6 is 0 Å². The molecule has 2 unspecified atom stereocenters. The number of halogens is 1. The van der Waals surface area contributed by atoms with Crippen molar-refractivity contribution < 1.29 is 4.39 Å². The monoisotopic (exact) mass is 277 g/mol. The van der Waals surface area contributed by atoms with E-state index in [0.29, 0.717) is 19.1 Å². The van der Waals surface area contributed by atoms with Crippen molar-refractivity contribution in [3.63, 3.8) is 0 Å². The van der Waals surface area contributed by atoms with Crippen molar-refractivity contribution >= 4 is 0 Å². The van der Waals surface area contributed by atoms with E-state index in [-0.39, 0.29) is 11.4 Å². The molecule has 0 amide bonds. The number of benzene rings is 1. The number of hydrogen-bond donors (Lipinski definition) is 1. The molecule has 3 nitrogen and oxygen atoms in total. The van der Waals surface area contributed by atoms with Crippen LogP contribution in [0.25, 0.3) is 0 Å². The summed E-state index contributed by atoms with van der Waals surface area (Å²) in [7, 11) is 2.10. The first kappa shape index (κ1) is 14.0. The second-order valence-corrected chi connectivity index (χ2v) is 6.20. The van der Waals surface area contributed by atoms with E-state index in [2.05, 4.69) is 16.8 Å². The molecule has 2 fully saturated rings. The molecule has 0 bridgehead atoms. The van der Waals surface area contributed by atoms with Gasteiger partial charge in [-0.15, -0.1) is 0 Å². The topological polar surface area (TPSA) is 32.5 Å². The molecule has 0 radical (unpaired) electrons. The third-order valence-electron chi connectivity index (χ3n) is 5.29. The van der Waals surface area contributed by atoms with Crippen molar-refractivity contribution in [1.29, 1.82) is 0 Å². The predicted molar refractivity (Wildman–Crippen MR) is 78.9 cm³/mol. The zero-order valence-corrected chi connectivity index (χ0v) is 12.2. The summed E-state index contributed by atoms with van der Waals surface area (Å²) in [6.07, 6.45) is 3.58. The molecule has 0 aliphatic carbocycles. The Bertz CT molecular complexity index is 479. The van der Waals surface area contributed by atoms with Crippen LogP contribution < -0.4 is 5.73 Å². The van der Waals surface area contributed by atoms with E-state index >= 15 is 0 Å². The summed E-state index contributed by atoms with van der Waals surface area (Å²) in [6, 6.07) is 7.60. The Morgan fingerprint density at radius 3 is 2.95 bits per heavy atom. The molecule has 110 valence electrons. The minimum absolute atomic E-state index is 0.0127. The number of nitrogens with zero attached hydrogens (tertiary/aromatic N) is 2. The average molecular weight is 277 g/mol. The van der Waals surface area contributed by atoms with Crippen molar-refractivity contribution in [2.75, 3.05) is 26.7 Å². The maximum Gasteiger partial charge on any atom is 0.127 e. The van der Waals surface area contributed by atoms with Gasteiger partial charge in [-0.2, -0.15) is 0 Å². The number of fused-ring (bicyclic) bond motifs is 1. The Balaban J connectivity index is 1.81. The molecule has 3 rings (SSSR count). The third kappa shape index (κ3) is 2.16. The van der Waals surface area contributed by atoms with E-state index in [1.54, 1.807) is 6.07 Å². The van der Waals surface area contributed by atoms with E-state index in [1.807, 2.05) is 12.1 Å². The standard InChI is InChI=1S/C16H24FN3/c1-19(11-13-5-2-3-6-14(13)17)16(12-18)8-10-20-9-4-7-15(16)20/h2-3,5-6,15H,4,7-12,18H2,1H3. The summed E-state index contributed by atoms with van der Waals surface area (Å²) in [5.74, 6) is -0.118. The first-order valence-corrected chi connectivity index (χ1v) is 7.56. The lowest BCUT2D eigenvalue weighted by atomic mass is 9.86. The van der Waals surface area contributed by atoms with E-state index in [0.717, 1.165) is 18.5 Å². The Morgan fingerprint density at radius 1 is 1.40 bits per heavy atom. The van der Waals surface area contributed by atoms with E-state index in [1.165, 1.54) is 25.5 Å². The van der Waals surface area contributed by atoms with Gasteiger partial charge in [0.1, 0.15) is 5.82 Å². The Hall–Kier alpha value is -0.970. The molecule has 4 heteroatoms. The van der Waals surface area contributed by atoms with Crippen molar-refractivity contribution in [3.05, 3.63) is 35.6 Å². The van der Waals surface area contributed by atoms with Crippen molar-refractivity contribution in [1.82, 2.24) is 9.80 Å². The molecule has 0 saturated carbocycles. The fourth-order valence-corrected chi connectivity index (χ4v) is 4.08. The van der Waals surface area contributed by atoms with Gasteiger partial charge < -0.3 is 5.73 Å². The predicted octanol–water partition coefficient (Wildman–Crippen LogP) is 1.82. The third-order valence-corrected chi connectivity index (χ3v) is 5.29. The number of nitrogens with two attached hydrogens (primary N) is 1. The van der Waals surface area contributed by atoms with Crippen LogP contribution in [0.15, 0.2) is 24.3 Å². The van der Waals surface area contributed by atoms with Crippen molar-refractivity contribution in [3.8, 4) is 0 Å². The highest BCUT2D eigenvalue weighted by molar-refractivity contribution is 5.19. The fraction of sp³-hybridized carbons (Fsp3) is 0.625. The van der Waals surface area contributed by atoms with Crippen LogP contribution in [0.1, 0.15) is 24.8 Å². The molecule has 2 N–H and O–H groups in total. The van der Waals surface area contributed by atoms with Crippen LogP contribution in [0, 0.1) is 5.82 Å². The maximum absolute atomic E-state index is 13.9. The number of rotatable bonds is 4. The Labute approximate surface area is 120 Å². The second-order valence-electron chi connectivity index (χ2n) is 6.20. The van der Waals surface area contributed by atoms with Crippen LogP contribution in [0.2, 0.25) is 0 Å². The summed E-state index contributed by atoms with van der Waals surface area (Å²) < 4.78 is 13.9. The van der Waals surface area contributed by atoms with Gasteiger partial charge in [-0.05, 0) is 38.9 Å². The van der Waals surface area contributed by atoms with Gasteiger partial charge >= 0.3 is 0 Å². The minimum Gasteiger partial charge on any atom is -0.329 e. The Kier molecular flexibility index (Phi) is 3.80. The van der Waals surface area contributed by atoms with E-state index in [9.17, 15) is 4.39 Å². The molecule has 2 saturated heterocycles. The fourth-order valence-electron chi connectivity index (χ4n) is 4.08. The molecule has 2 heterocycles. The first-order valence-electron chi connectivity index (χ1n) is 7.56. The zero-order chi connectivity index (χ0) is 14.2. The molecule has 1 aromatic carbocycles. The number of hydrogen-bond acceptors (Lipinski definition) is 3. The zero-order valence-electron chi connectivity index (χ0n) is 12.2. The SMILES string of the molecule is CN(Cc1ccccc1F)C1(CN)CCN2CCCC21. The highest BCUT2D eigenvalue weighted by atomic mass is 19.1. The van der Waals surface area contributed by atoms with Gasteiger partial charge in [-0.3, -0.25) is 9.80 Å². The molecule has 20 heavy (non-hydrogen) atoms. The summed E-state index contributed by atoms with van der Waals surface area (Å²) >= 11 is 0. The second kappa shape index (κ2) is 5.43. The largest absolute Gasteiger partial charge is 0.329 e. The smallest absolute Gasteiger partial charge is 0.127 e. The lowest BCUT2D eigenvalue weighted by molar-refractivity contribution is 0.0831. The van der Waals surface area contributed by atoms with Crippen LogP contribution in [0.4, 0.5) is 4.39 Å². The van der Waals surface area contributed by atoms with Crippen LogP contribution in [0.3, 0.4) is 0 Å². The molecule has 0 spiro atoms. The highest BCUT2D eigenvalue weighted by Gasteiger charge is 2.50. The normalized spacial score (nSPS) is 30.1. The lowest BCUT2D eigenvalue weighted by Crippen LogP contribution is -2.58. The van der Waals surface area contributed by atoms with Crippen LogP contribution in [0.5, 0.6) is 0 Å². The summed E-state index contributed by atoms with van der Waals surface area (Å²) in [5, 5.41) is 0. The molecule has 2 aliphatic heterocycles. The molecular formula is C16H24FN3. The lowest BCUT2D eigenvalue weighted by Gasteiger charge is -2.42. The Morgan fingerprint density at radius 2 is 2.20 bits per heavy atom. The maximum atomic E-state index is 13.9. The minimum atomic E-state index is -0.118. The van der Waals surface area contributed by atoms with Gasteiger partial charge in [0.2, 0.25) is 0 Å². The summed E-state index contributed by atoms with van der Waals surface area (Å²) in [6.45, 7) is 3.61. The van der Waals surface area contributed by atoms with Gasteiger partial charge in [-0.1, -0.05) is 18.2 Å². The van der Waals surface area contributed by atoms with E-state index in [4.69, 9.17) is 5.73 Å². The van der Waals surface area contributed by atoms with Crippen molar-refractivity contribution in [2.24, 2.45) is 5.73 Å². The molecule has 0 aromatic heterocycles. The van der Waals surface area contributed by atoms with Gasteiger partial charge in [0.05, 0.1) is 0 Å². The first-order chi connectivity index (χ1) is 9.67. The van der Waals surface area contributed by atoms with Gasteiger partial charge in [0.15, 0.2) is 0 Å². The van der Waals surface area contributed by atoms with Gasteiger partial charge in [0.25, 0.3) is 0 Å². The summed E-state index contributed by atoms with van der Waals surface area (Å²) in [4.78, 5) is 4.85. The van der Waals surface area contributed by atoms with Crippen molar-refractivity contribution in [2.45, 2.75) is 37.4 Å². The molecule has 1 aromatic rings. The quantitative estimate of drug-likeness (QED) is 0.911. The summed E-state index contributed by atoms with van der Waals surface area (Å²) in [5.41, 5.74) is 6.93. The average Bonchev–Trinajstić information content (AvgIpc) is 3.03. The van der Waals surface area contributed by atoms with Crippen LogP contribution in [-0.4, -0.2) is 48.1 Å². The van der Waals surface area contributed by atoms with Gasteiger partial charge in [-0.25, -0.2) is 4.39 Å². The number of likely N-dealkylation sites (N-methyl/N-ethyl adjacent to an activating group) is 1. The highest BCUT2D eigenvalue weighted by Crippen LogP contribution is 2.39.